The van der Waals surface area contributed by atoms with E-state index in [9.17, 15) is 0 Å². The van der Waals surface area contributed by atoms with E-state index in [4.69, 9.17) is 4.99 Å². The van der Waals surface area contributed by atoms with E-state index in [1.54, 1.807) is 0 Å². The van der Waals surface area contributed by atoms with Crippen LogP contribution in [0.4, 0.5) is 5.69 Å². The number of aliphatic imine (C=N–C) groups is 1. The molecule has 0 amide bonds. The number of aromatic nitrogens is 1. The molecule has 0 saturated heterocycles. The molecule has 4 heteroatoms. The molecule has 6 aliphatic rings. The van der Waals surface area contributed by atoms with E-state index in [0.717, 1.165) is 42.8 Å². The van der Waals surface area contributed by atoms with Gasteiger partial charge < -0.3 is 14.8 Å². The normalized spacial score (nSPS) is 22.9. The smallest absolute Gasteiger partial charge is 0.133 e. The van der Waals surface area contributed by atoms with Crippen LogP contribution < -0.4 is 10.2 Å². The number of nitrogens with one attached hydrogen (secondary N) is 1. The second kappa shape index (κ2) is 17.0. The van der Waals surface area contributed by atoms with Gasteiger partial charge in [-0.2, -0.15) is 0 Å². The zero-order chi connectivity index (χ0) is 45.0. The van der Waals surface area contributed by atoms with Crippen molar-refractivity contribution in [3.8, 4) is 5.69 Å². The first kappa shape index (κ1) is 40.3. The molecule has 0 radical (unpaired) electrons. The van der Waals surface area contributed by atoms with Gasteiger partial charge in [0.1, 0.15) is 5.84 Å². The average Bonchev–Trinajstić information content (AvgIpc) is 3.93. The summed E-state index contributed by atoms with van der Waals surface area (Å²) in [5.74, 6) is 1.90. The van der Waals surface area contributed by atoms with Crippen molar-refractivity contribution in [2.24, 2.45) is 16.8 Å². The molecule has 0 bridgehead atoms. The fourth-order valence-corrected chi connectivity index (χ4v) is 11.5. The highest BCUT2D eigenvalue weighted by Crippen LogP contribution is 2.49. The Morgan fingerprint density at radius 2 is 1.34 bits per heavy atom. The third-order valence-electron chi connectivity index (χ3n) is 15.0. The lowest BCUT2D eigenvalue weighted by Gasteiger charge is -2.32. The number of para-hydroxylation sites is 2. The summed E-state index contributed by atoms with van der Waals surface area (Å²) >= 11 is 0. The van der Waals surface area contributed by atoms with Gasteiger partial charge in [-0.3, -0.25) is 4.99 Å². The SMILES string of the molecule is C1=CCC(C2=CCC3C(=C2)C2=C(C=CC(c4ccc5c(c4)c4ccccc4n5-c4ccccc4)C2)N3c2ccc(C3=CCC(C4C=C(c5ccccc5)NC(c5ccccc5)=N4)C=C3)cc2)C=C1. The molecule has 1 N–H and O–H groups in total. The Balaban J connectivity index is 0.791. The first-order valence-corrected chi connectivity index (χ1v) is 24.4. The molecule has 13 rings (SSSR count). The van der Waals surface area contributed by atoms with E-state index < -0.39 is 0 Å². The minimum atomic E-state index is 0.0289. The molecule has 4 aliphatic carbocycles. The Labute approximate surface area is 399 Å². The van der Waals surface area contributed by atoms with Gasteiger partial charge in [-0.1, -0.05) is 176 Å². The number of hydrogen-bond acceptors (Lipinski definition) is 3. The number of rotatable bonds is 8. The minimum Gasteiger partial charge on any atom is -0.340 e. The van der Waals surface area contributed by atoms with Crippen molar-refractivity contribution in [1.82, 2.24) is 9.88 Å². The summed E-state index contributed by atoms with van der Waals surface area (Å²) in [5.41, 5.74) is 18.0. The van der Waals surface area contributed by atoms with Gasteiger partial charge in [0.15, 0.2) is 0 Å². The highest BCUT2D eigenvalue weighted by molar-refractivity contribution is 6.09. The Bertz CT molecular complexity index is 3370. The summed E-state index contributed by atoms with van der Waals surface area (Å²) in [7, 11) is 0. The van der Waals surface area contributed by atoms with Crippen molar-refractivity contribution >= 4 is 44.6 Å². The standard InChI is InChI=1S/C64H52N4/c1-5-15-43(16-6-1)49-31-36-62-56(39-49)57-41-51(50-32-37-61-55(40-50)54-23-13-14-24-60(54)67(61)52-21-11-4-12-22-52)33-38-63(57)68(62)53-34-29-45(30-35-53)44-25-27-47(28-26-44)59-42-58(46-17-7-2-8-18-46)65-64(66-59)48-19-9-3-10-20-48/h1-15,17-27,29-35,37-40,42-43,47,51,59,62H,16,28,36,41H2,(H,65,66). The maximum absolute atomic E-state index is 5.28. The third kappa shape index (κ3) is 7.19. The maximum atomic E-state index is 5.28. The van der Waals surface area contributed by atoms with Crippen molar-refractivity contribution in [2.45, 2.75) is 43.7 Å². The molecule has 3 heterocycles. The molecule has 328 valence electrons. The third-order valence-corrected chi connectivity index (χ3v) is 15.0. The first-order chi connectivity index (χ1) is 33.7. The van der Waals surface area contributed by atoms with Crippen molar-refractivity contribution in [2.75, 3.05) is 4.90 Å². The fourth-order valence-electron chi connectivity index (χ4n) is 11.5. The zero-order valence-corrected chi connectivity index (χ0v) is 38.0. The summed E-state index contributed by atoms with van der Waals surface area (Å²) < 4.78 is 2.41. The molecule has 7 aromatic rings. The number of fused-ring (bicyclic) bond motifs is 5. The Kier molecular flexibility index (Phi) is 10.1. The van der Waals surface area contributed by atoms with Crippen LogP contribution >= 0.6 is 0 Å². The average molecular weight is 877 g/mol. The van der Waals surface area contributed by atoms with Crippen molar-refractivity contribution in [3.63, 3.8) is 0 Å². The van der Waals surface area contributed by atoms with Crippen LogP contribution in [-0.4, -0.2) is 22.5 Å². The molecule has 2 aliphatic heterocycles. The molecule has 68 heavy (non-hydrogen) atoms. The van der Waals surface area contributed by atoms with E-state index in [1.165, 1.54) is 77.9 Å². The molecule has 5 atom stereocenters. The predicted molar refractivity (Wildman–Crippen MR) is 284 cm³/mol. The van der Waals surface area contributed by atoms with Crippen LogP contribution in [0.5, 0.6) is 0 Å². The minimum absolute atomic E-state index is 0.0289. The topological polar surface area (TPSA) is 32.6 Å². The van der Waals surface area contributed by atoms with Crippen molar-refractivity contribution in [3.05, 3.63) is 275 Å². The van der Waals surface area contributed by atoms with Gasteiger partial charge in [0.25, 0.3) is 0 Å². The summed E-state index contributed by atoms with van der Waals surface area (Å²) in [4.78, 5) is 7.91. The molecule has 0 saturated carbocycles. The Morgan fingerprint density at radius 1 is 0.574 bits per heavy atom. The van der Waals surface area contributed by atoms with E-state index >= 15 is 0 Å². The lowest BCUT2D eigenvalue weighted by atomic mass is 9.80. The first-order valence-electron chi connectivity index (χ1n) is 24.4. The number of benzene rings is 6. The van der Waals surface area contributed by atoms with Crippen molar-refractivity contribution < 1.29 is 0 Å². The number of amidine groups is 1. The van der Waals surface area contributed by atoms with Gasteiger partial charge in [-0.05, 0) is 119 Å². The molecule has 6 aromatic carbocycles. The van der Waals surface area contributed by atoms with Gasteiger partial charge >= 0.3 is 0 Å². The van der Waals surface area contributed by atoms with Gasteiger partial charge in [-0.25, -0.2) is 0 Å². The molecule has 1 aromatic heterocycles. The van der Waals surface area contributed by atoms with Crippen LogP contribution in [0, 0.1) is 11.8 Å². The highest BCUT2D eigenvalue weighted by Gasteiger charge is 2.40. The molecule has 5 unspecified atom stereocenters. The van der Waals surface area contributed by atoms with Crippen molar-refractivity contribution in [1.29, 1.82) is 0 Å². The Morgan fingerprint density at radius 3 is 2.12 bits per heavy atom. The van der Waals surface area contributed by atoms with Gasteiger partial charge in [-0.15, -0.1) is 0 Å². The lowest BCUT2D eigenvalue weighted by molar-refractivity contribution is 0.578. The summed E-state index contributed by atoms with van der Waals surface area (Å²) in [5, 5.41) is 6.25. The van der Waals surface area contributed by atoms with Gasteiger partial charge in [0.2, 0.25) is 0 Å². The van der Waals surface area contributed by atoms with Crippen LogP contribution in [0.1, 0.15) is 53.9 Å². The fraction of sp³-hybridized carbons (Fsp3) is 0.141. The lowest BCUT2D eigenvalue weighted by Crippen LogP contribution is -2.32. The number of hydrogen-bond donors (Lipinski definition) is 1. The van der Waals surface area contributed by atoms with Gasteiger partial charge in [0, 0.05) is 56.9 Å². The second-order valence-electron chi connectivity index (χ2n) is 18.9. The predicted octanol–water partition coefficient (Wildman–Crippen LogP) is 14.8. The highest BCUT2D eigenvalue weighted by atomic mass is 15.2. The molecule has 4 nitrogen and oxygen atoms in total. The number of nitrogens with zero attached hydrogens (tertiary/aromatic N) is 3. The summed E-state index contributed by atoms with van der Waals surface area (Å²) in [6.45, 7) is 0. The quantitative estimate of drug-likeness (QED) is 0.165. The van der Waals surface area contributed by atoms with E-state index in [-0.39, 0.29) is 23.9 Å². The van der Waals surface area contributed by atoms with Crippen LogP contribution in [0.25, 0.3) is 38.8 Å². The second-order valence-corrected chi connectivity index (χ2v) is 18.9. The zero-order valence-electron chi connectivity index (χ0n) is 38.0. The monoisotopic (exact) mass is 876 g/mol. The van der Waals surface area contributed by atoms with Crippen LogP contribution in [-0.2, 0) is 0 Å². The molecular weight excluding hydrogens is 825 g/mol. The summed E-state index contributed by atoms with van der Waals surface area (Å²) in [6.07, 6.45) is 32.5. The molecule has 0 fully saturated rings. The summed E-state index contributed by atoms with van der Waals surface area (Å²) in [6, 6.07) is 57.6. The van der Waals surface area contributed by atoms with E-state index in [2.05, 4.69) is 245 Å². The Hall–Kier alpha value is -7.95. The van der Waals surface area contributed by atoms with E-state index in [1.807, 2.05) is 0 Å². The number of anilines is 1. The van der Waals surface area contributed by atoms with Crippen LogP contribution in [0.3, 0.4) is 0 Å². The largest absolute Gasteiger partial charge is 0.340 e. The number of allylic oxidation sites excluding steroid dienone is 11. The maximum Gasteiger partial charge on any atom is 0.133 e. The van der Waals surface area contributed by atoms with Gasteiger partial charge in [0.05, 0.1) is 23.1 Å². The van der Waals surface area contributed by atoms with Crippen LogP contribution in [0.15, 0.2) is 258 Å². The molecule has 0 spiro atoms. The molecular formula is C64H52N4. The van der Waals surface area contributed by atoms with Crippen LogP contribution in [0.2, 0.25) is 0 Å². The van der Waals surface area contributed by atoms with E-state index in [0.29, 0.717) is 5.92 Å².